The summed E-state index contributed by atoms with van der Waals surface area (Å²) in [5, 5.41) is 0. The zero-order valence-corrected chi connectivity index (χ0v) is 9.82. The molecule has 1 aromatic rings. The molecule has 0 saturated carbocycles. The molecule has 0 bridgehead atoms. The fraction of sp³-hybridized carbons (Fsp3) is 0.500. The number of fused-ring (bicyclic) bond motifs is 1. The molecule has 0 spiro atoms. The minimum absolute atomic E-state index is 0.0695. The van der Waals surface area contributed by atoms with Gasteiger partial charge in [-0.3, -0.25) is 0 Å². The van der Waals surface area contributed by atoms with E-state index >= 15 is 0 Å². The summed E-state index contributed by atoms with van der Waals surface area (Å²) in [6.07, 6.45) is 1.04. The Morgan fingerprint density at radius 3 is 2.81 bits per heavy atom. The SMILES string of the molecule is CCC1Oc2ccc(OC)cc2C1NOC. The third-order valence-electron chi connectivity index (χ3n) is 2.85. The number of hydroxylamine groups is 1. The standard InChI is InChI=1S/C12H17NO3/c1-4-10-12(13-15-3)9-7-8(14-2)5-6-11(9)16-10/h5-7,10,12-13H,4H2,1-3H3. The Kier molecular flexibility index (Phi) is 3.31. The molecule has 1 aliphatic rings. The van der Waals surface area contributed by atoms with Gasteiger partial charge in [-0.2, -0.15) is 5.48 Å². The Hall–Kier alpha value is -1.26. The van der Waals surface area contributed by atoms with Crippen LogP contribution in [0.15, 0.2) is 18.2 Å². The molecule has 1 aromatic carbocycles. The molecule has 1 aliphatic heterocycles. The number of hydrogen-bond acceptors (Lipinski definition) is 4. The van der Waals surface area contributed by atoms with Crippen molar-refractivity contribution in [3.05, 3.63) is 23.8 Å². The lowest BCUT2D eigenvalue weighted by molar-refractivity contribution is 0.0283. The topological polar surface area (TPSA) is 39.7 Å². The Labute approximate surface area is 95.5 Å². The molecule has 1 heterocycles. The zero-order chi connectivity index (χ0) is 11.5. The Balaban J connectivity index is 2.31. The van der Waals surface area contributed by atoms with Gasteiger partial charge in [0.1, 0.15) is 17.6 Å². The minimum Gasteiger partial charge on any atom is -0.497 e. The van der Waals surface area contributed by atoms with Gasteiger partial charge in [0.2, 0.25) is 0 Å². The van der Waals surface area contributed by atoms with Crippen LogP contribution in [-0.2, 0) is 4.84 Å². The quantitative estimate of drug-likeness (QED) is 0.793. The van der Waals surface area contributed by atoms with Gasteiger partial charge < -0.3 is 14.3 Å². The van der Waals surface area contributed by atoms with Crippen LogP contribution >= 0.6 is 0 Å². The number of nitrogens with one attached hydrogen (secondary N) is 1. The highest BCUT2D eigenvalue weighted by atomic mass is 16.6. The van der Waals surface area contributed by atoms with Gasteiger partial charge >= 0.3 is 0 Å². The Bertz CT molecular complexity index is 367. The monoisotopic (exact) mass is 223 g/mol. The van der Waals surface area contributed by atoms with E-state index in [1.165, 1.54) is 0 Å². The van der Waals surface area contributed by atoms with Gasteiger partial charge in [0.25, 0.3) is 0 Å². The molecule has 0 saturated heterocycles. The zero-order valence-electron chi connectivity index (χ0n) is 9.82. The summed E-state index contributed by atoms with van der Waals surface area (Å²) in [6, 6.07) is 5.90. The van der Waals surface area contributed by atoms with E-state index in [0.717, 1.165) is 23.5 Å². The van der Waals surface area contributed by atoms with Crippen LogP contribution in [0.5, 0.6) is 11.5 Å². The number of benzene rings is 1. The lowest BCUT2D eigenvalue weighted by atomic mass is 10.0. The highest BCUT2D eigenvalue weighted by molar-refractivity contribution is 5.45. The third-order valence-corrected chi connectivity index (χ3v) is 2.85. The third kappa shape index (κ3) is 1.86. The number of hydrogen-bond donors (Lipinski definition) is 1. The molecule has 4 heteroatoms. The van der Waals surface area contributed by atoms with Crippen molar-refractivity contribution in [3.63, 3.8) is 0 Å². The number of methoxy groups -OCH3 is 1. The summed E-state index contributed by atoms with van der Waals surface area (Å²) < 4.78 is 11.0. The average Bonchev–Trinajstić information content (AvgIpc) is 2.67. The second kappa shape index (κ2) is 4.72. The van der Waals surface area contributed by atoms with Crippen molar-refractivity contribution >= 4 is 0 Å². The Morgan fingerprint density at radius 1 is 1.38 bits per heavy atom. The first kappa shape index (κ1) is 11.2. The van der Waals surface area contributed by atoms with Gasteiger partial charge in [-0.15, -0.1) is 0 Å². The highest BCUT2D eigenvalue weighted by Crippen LogP contribution is 2.39. The van der Waals surface area contributed by atoms with Gasteiger partial charge in [-0.25, -0.2) is 0 Å². The molecule has 0 amide bonds. The van der Waals surface area contributed by atoms with Crippen LogP contribution in [-0.4, -0.2) is 20.3 Å². The fourth-order valence-electron chi connectivity index (χ4n) is 2.02. The molecule has 2 unspecified atom stereocenters. The molecule has 0 aliphatic carbocycles. The average molecular weight is 223 g/mol. The van der Waals surface area contributed by atoms with Crippen molar-refractivity contribution in [1.29, 1.82) is 0 Å². The van der Waals surface area contributed by atoms with E-state index in [0.29, 0.717) is 0 Å². The normalized spacial score (nSPS) is 22.7. The second-order valence-corrected chi connectivity index (χ2v) is 3.77. The summed E-state index contributed by atoms with van der Waals surface area (Å²) in [5.41, 5.74) is 4.06. The summed E-state index contributed by atoms with van der Waals surface area (Å²) in [4.78, 5) is 5.02. The van der Waals surface area contributed by atoms with Crippen molar-refractivity contribution in [2.45, 2.75) is 25.5 Å². The lowest BCUT2D eigenvalue weighted by Crippen LogP contribution is -2.29. The second-order valence-electron chi connectivity index (χ2n) is 3.77. The van der Waals surface area contributed by atoms with Crippen molar-refractivity contribution in [2.24, 2.45) is 0 Å². The van der Waals surface area contributed by atoms with Crippen molar-refractivity contribution in [1.82, 2.24) is 5.48 Å². The van der Waals surface area contributed by atoms with E-state index in [2.05, 4.69) is 12.4 Å². The predicted octanol–water partition coefficient (Wildman–Crippen LogP) is 2.06. The van der Waals surface area contributed by atoms with Crippen molar-refractivity contribution < 1.29 is 14.3 Å². The minimum atomic E-state index is 0.0695. The maximum atomic E-state index is 5.82. The molecule has 4 nitrogen and oxygen atoms in total. The van der Waals surface area contributed by atoms with Crippen LogP contribution in [0.4, 0.5) is 0 Å². The fourth-order valence-corrected chi connectivity index (χ4v) is 2.02. The van der Waals surface area contributed by atoms with Crippen LogP contribution in [0.1, 0.15) is 24.9 Å². The summed E-state index contributed by atoms with van der Waals surface area (Å²) in [6.45, 7) is 2.10. The summed E-state index contributed by atoms with van der Waals surface area (Å²) >= 11 is 0. The smallest absolute Gasteiger partial charge is 0.125 e. The maximum absolute atomic E-state index is 5.82. The van der Waals surface area contributed by atoms with Gasteiger partial charge in [0, 0.05) is 5.56 Å². The van der Waals surface area contributed by atoms with Gasteiger partial charge in [0.05, 0.1) is 20.3 Å². The molecule has 2 atom stereocenters. The molecule has 1 N–H and O–H groups in total. The number of ether oxygens (including phenoxy) is 2. The molecule has 0 fully saturated rings. The van der Waals surface area contributed by atoms with E-state index in [1.807, 2.05) is 18.2 Å². The molecule has 2 rings (SSSR count). The van der Waals surface area contributed by atoms with Crippen LogP contribution in [0, 0.1) is 0 Å². The van der Waals surface area contributed by atoms with Gasteiger partial charge in [-0.05, 0) is 24.6 Å². The molecule has 0 radical (unpaired) electrons. The van der Waals surface area contributed by atoms with Crippen molar-refractivity contribution in [3.8, 4) is 11.5 Å². The van der Waals surface area contributed by atoms with Gasteiger partial charge in [0.15, 0.2) is 0 Å². The van der Waals surface area contributed by atoms with E-state index in [9.17, 15) is 0 Å². The Morgan fingerprint density at radius 2 is 2.19 bits per heavy atom. The van der Waals surface area contributed by atoms with E-state index in [4.69, 9.17) is 14.3 Å². The molecule has 0 aromatic heterocycles. The van der Waals surface area contributed by atoms with Crippen LogP contribution < -0.4 is 15.0 Å². The molecule has 88 valence electrons. The van der Waals surface area contributed by atoms with Crippen molar-refractivity contribution in [2.75, 3.05) is 14.2 Å². The lowest BCUT2D eigenvalue weighted by Gasteiger charge is -2.17. The van der Waals surface area contributed by atoms with Gasteiger partial charge in [-0.1, -0.05) is 6.92 Å². The first-order chi connectivity index (χ1) is 7.80. The van der Waals surface area contributed by atoms with Crippen LogP contribution in [0.2, 0.25) is 0 Å². The largest absolute Gasteiger partial charge is 0.497 e. The first-order valence-corrected chi connectivity index (χ1v) is 5.43. The van der Waals surface area contributed by atoms with E-state index < -0.39 is 0 Å². The van der Waals surface area contributed by atoms with E-state index in [-0.39, 0.29) is 12.1 Å². The molecular formula is C12H17NO3. The summed E-state index contributed by atoms with van der Waals surface area (Å²) in [5.74, 6) is 1.74. The first-order valence-electron chi connectivity index (χ1n) is 5.43. The maximum Gasteiger partial charge on any atom is 0.125 e. The molecular weight excluding hydrogens is 206 g/mol. The van der Waals surface area contributed by atoms with E-state index in [1.54, 1.807) is 14.2 Å². The molecule has 16 heavy (non-hydrogen) atoms. The van der Waals surface area contributed by atoms with Crippen LogP contribution in [0.3, 0.4) is 0 Å². The predicted molar refractivity (Wildman–Crippen MR) is 60.6 cm³/mol. The highest BCUT2D eigenvalue weighted by Gasteiger charge is 2.33. The summed E-state index contributed by atoms with van der Waals surface area (Å²) in [7, 11) is 3.28. The number of rotatable bonds is 4. The van der Waals surface area contributed by atoms with Crippen LogP contribution in [0.25, 0.3) is 0 Å².